The number of alkyl halides is 1. The average molecular weight is 235 g/mol. The fourth-order valence-electron chi connectivity index (χ4n) is 1.61. The number of hydrogen-bond donors (Lipinski definition) is 1. The van der Waals surface area contributed by atoms with Crippen LogP contribution in [0.4, 0.5) is 0 Å². The van der Waals surface area contributed by atoms with Gasteiger partial charge in [0.1, 0.15) is 0 Å². The van der Waals surface area contributed by atoms with Crippen molar-refractivity contribution >= 4 is 17.6 Å². The first kappa shape index (κ1) is 14.8. The minimum absolute atomic E-state index is 0.329. The zero-order valence-corrected chi connectivity index (χ0v) is 10.3. The molecule has 0 aromatic rings. The first-order valence-electron chi connectivity index (χ1n) is 6.05. The summed E-state index contributed by atoms with van der Waals surface area (Å²) in [6.45, 7) is 0. The van der Waals surface area contributed by atoms with E-state index in [1.54, 1.807) is 0 Å². The Balaban J connectivity index is 2.89. The fraction of sp³-hybridized carbons (Fsp3) is 0.917. The smallest absolute Gasteiger partial charge is 0.303 e. The molecule has 0 aliphatic carbocycles. The average Bonchev–Trinajstić information content (AvgIpc) is 2.20. The summed E-state index contributed by atoms with van der Waals surface area (Å²) in [6.07, 6.45) is 10.9. The number of aliphatic carboxylic acids is 1. The lowest BCUT2D eigenvalue weighted by molar-refractivity contribution is -0.137. The van der Waals surface area contributed by atoms with Gasteiger partial charge in [0.2, 0.25) is 0 Å². The maximum absolute atomic E-state index is 10.2. The van der Waals surface area contributed by atoms with Gasteiger partial charge in [-0.15, -0.1) is 11.6 Å². The van der Waals surface area contributed by atoms with Gasteiger partial charge >= 0.3 is 5.97 Å². The Kier molecular flexibility index (Phi) is 11.6. The Morgan fingerprint density at radius 2 is 1.20 bits per heavy atom. The van der Waals surface area contributed by atoms with E-state index in [2.05, 4.69) is 0 Å². The second-order valence-corrected chi connectivity index (χ2v) is 4.39. The highest BCUT2D eigenvalue weighted by Gasteiger charge is 1.96. The van der Waals surface area contributed by atoms with E-state index in [1.807, 2.05) is 0 Å². The third kappa shape index (κ3) is 13.8. The van der Waals surface area contributed by atoms with Crippen LogP contribution in [0.5, 0.6) is 0 Å². The number of carboxylic acids is 1. The van der Waals surface area contributed by atoms with Crippen molar-refractivity contribution in [1.29, 1.82) is 0 Å². The van der Waals surface area contributed by atoms with E-state index in [0.717, 1.165) is 25.1 Å². The zero-order valence-electron chi connectivity index (χ0n) is 9.51. The topological polar surface area (TPSA) is 37.3 Å². The van der Waals surface area contributed by atoms with Crippen LogP contribution in [-0.2, 0) is 4.79 Å². The molecule has 0 atom stereocenters. The molecule has 0 rings (SSSR count). The zero-order chi connectivity index (χ0) is 11.4. The Labute approximate surface area is 98.0 Å². The van der Waals surface area contributed by atoms with Crippen LogP contribution in [0.15, 0.2) is 0 Å². The molecule has 15 heavy (non-hydrogen) atoms. The highest BCUT2D eigenvalue weighted by atomic mass is 35.5. The Bertz CT molecular complexity index is 149. The summed E-state index contributed by atoms with van der Waals surface area (Å²) in [6, 6.07) is 0. The molecule has 0 radical (unpaired) electrons. The van der Waals surface area contributed by atoms with Gasteiger partial charge in [0.05, 0.1) is 0 Å². The quantitative estimate of drug-likeness (QED) is 0.430. The molecule has 2 nitrogen and oxygen atoms in total. The largest absolute Gasteiger partial charge is 0.481 e. The van der Waals surface area contributed by atoms with Crippen molar-refractivity contribution < 1.29 is 9.90 Å². The van der Waals surface area contributed by atoms with Crippen molar-refractivity contribution in [1.82, 2.24) is 0 Å². The molecule has 0 amide bonds. The van der Waals surface area contributed by atoms with Gasteiger partial charge in [-0.25, -0.2) is 0 Å². The molecule has 0 unspecified atom stereocenters. The Morgan fingerprint density at radius 3 is 1.60 bits per heavy atom. The SMILES string of the molecule is O=C(O)CCCCCCCCCCCCl. The number of rotatable bonds is 11. The molecule has 0 bridgehead atoms. The van der Waals surface area contributed by atoms with E-state index in [1.165, 1.54) is 38.5 Å². The van der Waals surface area contributed by atoms with Gasteiger partial charge in [-0.3, -0.25) is 4.79 Å². The maximum atomic E-state index is 10.2. The maximum Gasteiger partial charge on any atom is 0.303 e. The summed E-state index contributed by atoms with van der Waals surface area (Å²) in [5.41, 5.74) is 0. The standard InChI is InChI=1S/C12H23ClO2/c13-11-9-7-5-3-1-2-4-6-8-10-12(14)15/h1-11H2,(H,14,15). The predicted molar refractivity (Wildman–Crippen MR) is 64.5 cm³/mol. The lowest BCUT2D eigenvalue weighted by Crippen LogP contribution is -1.93. The molecule has 0 aromatic heterocycles. The first-order chi connectivity index (χ1) is 7.27. The van der Waals surface area contributed by atoms with Crippen LogP contribution in [0.25, 0.3) is 0 Å². The Hall–Kier alpha value is -0.240. The van der Waals surface area contributed by atoms with E-state index in [4.69, 9.17) is 16.7 Å². The summed E-state index contributed by atoms with van der Waals surface area (Å²) in [4.78, 5) is 10.2. The minimum Gasteiger partial charge on any atom is -0.481 e. The van der Waals surface area contributed by atoms with E-state index in [0.29, 0.717) is 6.42 Å². The van der Waals surface area contributed by atoms with Crippen LogP contribution in [0.2, 0.25) is 0 Å². The number of carbonyl (C=O) groups is 1. The molecule has 0 aromatic carbocycles. The second kappa shape index (κ2) is 11.8. The van der Waals surface area contributed by atoms with Crippen molar-refractivity contribution in [3.05, 3.63) is 0 Å². The van der Waals surface area contributed by atoms with Gasteiger partial charge in [-0.1, -0.05) is 44.9 Å². The monoisotopic (exact) mass is 234 g/mol. The molecule has 0 aliphatic heterocycles. The molecular weight excluding hydrogens is 212 g/mol. The molecular formula is C12H23ClO2. The number of carboxylic acid groups (broad SMARTS) is 1. The van der Waals surface area contributed by atoms with Crippen LogP contribution < -0.4 is 0 Å². The van der Waals surface area contributed by atoms with Gasteiger partial charge < -0.3 is 5.11 Å². The van der Waals surface area contributed by atoms with Crippen molar-refractivity contribution in [2.24, 2.45) is 0 Å². The Morgan fingerprint density at radius 1 is 0.800 bits per heavy atom. The van der Waals surface area contributed by atoms with E-state index in [9.17, 15) is 4.79 Å². The second-order valence-electron chi connectivity index (χ2n) is 4.01. The molecule has 0 saturated heterocycles. The molecule has 3 heteroatoms. The molecule has 0 fully saturated rings. The first-order valence-corrected chi connectivity index (χ1v) is 6.58. The van der Waals surface area contributed by atoms with E-state index in [-0.39, 0.29) is 0 Å². The normalized spacial score (nSPS) is 10.5. The summed E-state index contributed by atoms with van der Waals surface area (Å²) in [7, 11) is 0. The highest BCUT2D eigenvalue weighted by molar-refractivity contribution is 6.17. The predicted octanol–water partition coefficient (Wildman–Crippen LogP) is 4.21. The van der Waals surface area contributed by atoms with Crippen LogP contribution in [0.1, 0.15) is 64.2 Å². The lowest BCUT2D eigenvalue weighted by Gasteiger charge is -2.00. The van der Waals surface area contributed by atoms with Crippen LogP contribution in [-0.4, -0.2) is 17.0 Å². The summed E-state index contributed by atoms with van der Waals surface area (Å²) in [5.74, 6) is 0.117. The molecule has 0 saturated carbocycles. The molecule has 0 aliphatic rings. The molecule has 90 valence electrons. The highest BCUT2D eigenvalue weighted by Crippen LogP contribution is 2.10. The summed E-state index contributed by atoms with van der Waals surface area (Å²) in [5, 5.41) is 8.43. The molecule has 0 heterocycles. The lowest BCUT2D eigenvalue weighted by atomic mass is 10.1. The summed E-state index contributed by atoms with van der Waals surface area (Å²) >= 11 is 5.58. The summed E-state index contributed by atoms with van der Waals surface area (Å²) < 4.78 is 0. The van der Waals surface area contributed by atoms with Gasteiger partial charge in [0.25, 0.3) is 0 Å². The van der Waals surface area contributed by atoms with Crippen LogP contribution in [0.3, 0.4) is 0 Å². The van der Waals surface area contributed by atoms with E-state index >= 15 is 0 Å². The van der Waals surface area contributed by atoms with Gasteiger partial charge in [0, 0.05) is 12.3 Å². The third-order valence-corrected chi connectivity index (χ3v) is 2.79. The number of halogens is 1. The van der Waals surface area contributed by atoms with Crippen molar-refractivity contribution in [2.45, 2.75) is 64.2 Å². The van der Waals surface area contributed by atoms with Crippen molar-refractivity contribution in [3.8, 4) is 0 Å². The molecule has 1 N–H and O–H groups in total. The van der Waals surface area contributed by atoms with Gasteiger partial charge in [-0.2, -0.15) is 0 Å². The van der Waals surface area contributed by atoms with Gasteiger partial charge in [-0.05, 0) is 12.8 Å². The number of hydrogen-bond acceptors (Lipinski definition) is 1. The number of unbranched alkanes of at least 4 members (excludes halogenated alkanes) is 8. The third-order valence-electron chi connectivity index (χ3n) is 2.52. The van der Waals surface area contributed by atoms with Crippen LogP contribution >= 0.6 is 11.6 Å². The van der Waals surface area contributed by atoms with Crippen molar-refractivity contribution in [2.75, 3.05) is 5.88 Å². The van der Waals surface area contributed by atoms with Gasteiger partial charge in [0.15, 0.2) is 0 Å². The van der Waals surface area contributed by atoms with Crippen molar-refractivity contribution in [3.63, 3.8) is 0 Å². The van der Waals surface area contributed by atoms with E-state index < -0.39 is 5.97 Å². The molecule has 0 spiro atoms. The fourth-order valence-corrected chi connectivity index (χ4v) is 1.80. The minimum atomic E-state index is -0.670. The van der Waals surface area contributed by atoms with Crippen LogP contribution in [0, 0.1) is 0 Å².